The molecule has 0 radical (unpaired) electrons. The molecule has 2 aromatic carbocycles. The highest BCUT2D eigenvalue weighted by Crippen LogP contribution is 2.29. The van der Waals surface area contributed by atoms with Crippen LogP contribution >= 0.6 is 23.2 Å². The SMILES string of the molecule is C=CCOc1ccc(C(=O)OCC(=O)Nc2c(Cl)cccc2Cl)cc1. The normalized spacial score (nSPS) is 10.0. The van der Waals surface area contributed by atoms with Gasteiger partial charge in [-0.05, 0) is 36.4 Å². The van der Waals surface area contributed by atoms with Crippen molar-refractivity contribution < 1.29 is 19.1 Å². The molecule has 1 N–H and O–H groups in total. The Morgan fingerprint density at radius 2 is 1.72 bits per heavy atom. The molecule has 0 heterocycles. The van der Waals surface area contributed by atoms with Gasteiger partial charge in [-0.2, -0.15) is 0 Å². The number of hydrogen-bond acceptors (Lipinski definition) is 4. The van der Waals surface area contributed by atoms with Gasteiger partial charge in [0, 0.05) is 0 Å². The molecule has 130 valence electrons. The van der Waals surface area contributed by atoms with Crippen molar-refractivity contribution in [2.24, 2.45) is 0 Å². The van der Waals surface area contributed by atoms with Gasteiger partial charge in [-0.25, -0.2) is 4.79 Å². The summed E-state index contributed by atoms with van der Waals surface area (Å²) in [4.78, 5) is 23.8. The zero-order valence-electron chi connectivity index (χ0n) is 13.1. The first kappa shape index (κ1) is 18.8. The molecular formula is C18H15Cl2NO4. The smallest absolute Gasteiger partial charge is 0.338 e. The molecule has 2 aromatic rings. The Labute approximate surface area is 155 Å². The van der Waals surface area contributed by atoms with E-state index in [2.05, 4.69) is 11.9 Å². The van der Waals surface area contributed by atoms with Crippen LogP contribution in [-0.4, -0.2) is 25.1 Å². The molecular weight excluding hydrogens is 365 g/mol. The van der Waals surface area contributed by atoms with E-state index in [9.17, 15) is 9.59 Å². The summed E-state index contributed by atoms with van der Waals surface area (Å²) in [5.74, 6) is -0.576. The second-order valence-corrected chi connectivity index (χ2v) is 5.66. The number of nitrogens with one attached hydrogen (secondary N) is 1. The predicted octanol–water partition coefficient (Wildman–Crippen LogP) is 4.35. The lowest BCUT2D eigenvalue weighted by molar-refractivity contribution is -0.119. The average molecular weight is 380 g/mol. The molecule has 0 unspecified atom stereocenters. The molecule has 5 nitrogen and oxygen atoms in total. The number of amides is 1. The van der Waals surface area contributed by atoms with E-state index >= 15 is 0 Å². The fourth-order valence-electron chi connectivity index (χ4n) is 1.85. The highest BCUT2D eigenvalue weighted by molar-refractivity contribution is 6.39. The van der Waals surface area contributed by atoms with E-state index in [1.807, 2.05) is 0 Å². The molecule has 0 spiro atoms. The maximum absolute atomic E-state index is 11.9. The van der Waals surface area contributed by atoms with Crippen molar-refractivity contribution in [2.75, 3.05) is 18.5 Å². The molecule has 7 heteroatoms. The van der Waals surface area contributed by atoms with Crippen molar-refractivity contribution >= 4 is 40.8 Å². The van der Waals surface area contributed by atoms with Gasteiger partial charge in [0.25, 0.3) is 5.91 Å². The number of anilines is 1. The maximum atomic E-state index is 11.9. The summed E-state index contributed by atoms with van der Waals surface area (Å²) in [5.41, 5.74) is 0.574. The second-order valence-electron chi connectivity index (χ2n) is 4.85. The number of rotatable bonds is 7. The van der Waals surface area contributed by atoms with Gasteiger partial charge in [0.2, 0.25) is 0 Å². The van der Waals surface area contributed by atoms with Crippen LogP contribution in [0.15, 0.2) is 55.1 Å². The number of para-hydroxylation sites is 1. The quantitative estimate of drug-likeness (QED) is 0.573. The average Bonchev–Trinajstić information content (AvgIpc) is 2.61. The summed E-state index contributed by atoms with van der Waals surface area (Å²) in [7, 11) is 0. The third-order valence-electron chi connectivity index (χ3n) is 3.02. The van der Waals surface area contributed by atoms with Crippen molar-refractivity contribution in [3.8, 4) is 5.75 Å². The van der Waals surface area contributed by atoms with Gasteiger partial charge in [0.1, 0.15) is 12.4 Å². The van der Waals surface area contributed by atoms with Crippen molar-refractivity contribution in [2.45, 2.75) is 0 Å². The van der Waals surface area contributed by atoms with Crippen molar-refractivity contribution in [1.29, 1.82) is 0 Å². The molecule has 0 aliphatic carbocycles. The van der Waals surface area contributed by atoms with Crippen LogP contribution in [0.5, 0.6) is 5.75 Å². The van der Waals surface area contributed by atoms with Crippen LogP contribution in [0, 0.1) is 0 Å². The lowest BCUT2D eigenvalue weighted by Crippen LogP contribution is -2.21. The molecule has 0 aromatic heterocycles. The first-order valence-corrected chi connectivity index (χ1v) is 8.01. The zero-order valence-corrected chi connectivity index (χ0v) is 14.6. The van der Waals surface area contributed by atoms with Crippen molar-refractivity contribution in [3.63, 3.8) is 0 Å². The van der Waals surface area contributed by atoms with Crippen molar-refractivity contribution in [1.82, 2.24) is 0 Å². The highest BCUT2D eigenvalue weighted by atomic mass is 35.5. The number of hydrogen-bond donors (Lipinski definition) is 1. The Morgan fingerprint density at radius 1 is 1.08 bits per heavy atom. The Balaban J connectivity index is 1.88. The third kappa shape index (κ3) is 5.52. The summed E-state index contributed by atoms with van der Waals surface area (Å²) < 4.78 is 10.3. The lowest BCUT2D eigenvalue weighted by atomic mass is 10.2. The summed E-state index contributed by atoms with van der Waals surface area (Å²) in [5, 5.41) is 3.10. The summed E-state index contributed by atoms with van der Waals surface area (Å²) in [6.45, 7) is 3.46. The summed E-state index contributed by atoms with van der Waals surface area (Å²) >= 11 is 11.9. The number of carbonyl (C=O) groups excluding carboxylic acids is 2. The summed E-state index contributed by atoms with van der Waals surface area (Å²) in [6, 6.07) is 11.2. The minimum Gasteiger partial charge on any atom is -0.490 e. The van der Waals surface area contributed by atoms with Gasteiger partial charge in [-0.15, -0.1) is 0 Å². The summed E-state index contributed by atoms with van der Waals surface area (Å²) in [6.07, 6.45) is 1.62. The fraction of sp³-hybridized carbons (Fsp3) is 0.111. The molecule has 0 saturated carbocycles. The van der Waals surface area contributed by atoms with E-state index in [0.29, 0.717) is 28.0 Å². The zero-order chi connectivity index (χ0) is 18.2. The van der Waals surface area contributed by atoms with E-state index in [0.717, 1.165) is 0 Å². The minimum atomic E-state index is -0.629. The first-order valence-electron chi connectivity index (χ1n) is 7.26. The number of halogens is 2. The third-order valence-corrected chi connectivity index (χ3v) is 3.65. The predicted molar refractivity (Wildman–Crippen MR) is 97.5 cm³/mol. The van der Waals surface area contributed by atoms with Crippen LogP contribution in [0.4, 0.5) is 5.69 Å². The number of esters is 1. The van der Waals surface area contributed by atoms with Gasteiger partial charge < -0.3 is 14.8 Å². The minimum absolute atomic E-state index is 0.274. The number of ether oxygens (including phenoxy) is 2. The van der Waals surface area contributed by atoms with Crippen LogP contribution in [0.3, 0.4) is 0 Å². The Bertz CT molecular complexity index is 755. The maximum Gasteiger partial charge on any atom is 0.338 e. The van der Waals surface area contributed by atoms with E-state index < -0.39 is 18.5 Å². The fourth-order valence-corrected chi connectivity index (χ4v) is 2.34. The number of benzene rings is 2. The Morgan fingerprint density at radius 3 is 2.32 bits per heavy atom. The standard InChI is InChI=1S/C18H15Cl2NO4/c1-2-10-24-13-8-6-12(7-9-13)18(23)25-11-16(22)21-17-14(19)4-3-5-15(17)20/h2-9H,1,10-11H2,(H,21,22). The largest absolute Gasteiger partial charge is 0.490 e. The van der Waals surface area contributed by atoms with Crippen LogP contribution in [0.1, 0.15) is 10.4 Å². The van der Waals surface area contributed by atoms with E-state index in [4.69, 9.17) is 32.7 Å². The molecule has 0 bridgehead atoms. The van der Waals surface area contributed by atoms with E-state index in [1.165, 1.54) is 0 Å². The van der Waals surface area contributed by atoms with Gasteiger partial charge in [0.05, 0.1) is 21.3 Å². The molecule has 0 aliphatic rings. The lowest BCUT2D eigenvalue weighted by Gasteiger charge is -2.10. The molecule has 2 rings (SSSR count). The molecule has 1 amide bonds. The van der Waals surface area contributed by atoms with Gasteiger partial charge in [-0.3, -0.25) is 4.79 Å². The Kier molecular flexibility index (Phi) is 6.86. The van der Waals surface area contributed by atoms with Gasteiger partial charge >= 0.3 is 5.97 Å². The van der Waals surface area contributed by atoms with Gasteiger partial charge in [0.15, 0.2) is 6.61 Å². The Hall–Kier alpha value is -2.50. The van der Waals surface area contributed by atoms with Gasteiger partial charge in [-0.1, -0.05) is 41.9 Å². The van der Waals surface area contributed by atoms with E-state index in [1.54, 1.807) is 48.5 Å². The van der Waals surface area contributed by atoms with Crippen LogP contribution in [0.25, 0.3) is 0 Å². The van der Waals surface area contributed by atoms with Crippen LogP contribution in [-0.2, 0) is 9.53 Å². The molecule has 0 atom stereocenters. The highest BCUT2D eigenvalue weighted by Gasteiger charge is 2.13. The monoisotopic (exact) mass is 379 g/mol. The second kappa shape index (κ2) is 9.11. The van der Waals surface area contributed by atoms with Crippen molar-refractivity contribution in [3.05, 3.63) is 70.7 Å². The van der Waals surface area contributed by atoms with Crippen LogP contribution < -0.4 is 10.1 Å². The first-order chi connectivity index (χ1) is 12.0. The molecule has 0 fully saturated rings. The van der Waals surface area contributed by atoms with E-state index in [-0.39, 0.29) is 5.69 Å². The molecule has 0 aliphatic heterocycles. The topological polar surface area (TPSA) is 64.6 Å². The number of carbonyl (C=O) groups is 2. The molecule has 0 saturated heterocycles. The van der Waals surface area contributed by atoms with Crippen LogP contribution in [0.2, 0.25) is 10.0 Å². The molecule has 25 heavy (non-hydrogen) atoms.